The summed E-state index contributed by atoms with van der Waals surface area (Å²) in [4.78, 5) is 11.9. The quantitative estimate of drug-likeness (QED) is 0.796. The van der Waals surface area contributed by atoms with Gasteiger partial charge in [0.2, 0.25) is 5.91 Å². The van der Waals surface area contributed by atoms with Crippen molar-refractivity contribution < 1.29 is 14.3 Å². The summed E-state index contributed by atoms with van der Waals surface area (Å²) in [5, 5.41) is 11.7. The number of hydrogen-bond acceptors (Lipinski definition) is 4. The topological polar surface area (TPSA) is 71.3 Å². The third kappa shape index (κ3) is 5.04. The second-order valence-corrected chi connectivity index (χ2v) is 4.83. The Labute approximate surface area is 135 Å². The molecule has 0 saturated carbocycles. The molecule has 0 heterocycles. The van der Waals surface area contributed by atoms with Crippen LogP contribution in [0.3, 0.4) is 0 Å². The number of amides is 1. The molecule has 0 atom stereocenters. The van der Waals surface area contributed by atoms with Crippen molar-refractivity contribution in [3.05, 3.63) is 54.1 Å². The molecule has 2 aromatic carbocycles. The van der Waals surface area contributed by atoms with Crippen molar-refractivity contribution in [1.82, 2.24) is 0 Å². The maximum Gasteiger partial charge on any atom is 0.224 e. The van der Waals surface area contributed by atoms with Crippen LogP contribution in [0, 0.1) is 11.3 Å². The van der Waals surface area contributed by atoms with E-state index in [-0.39, 0.29) is 5.91 Å². The van der Waals surface area contributed by atoms with Gasteiger partial charge in [-0.05, 0) is 42.8 Å². The van der Waals surface area contributed by atoms with Crippen LogP contribution >= 0.6 is 0 Å². The van der Waals surface area contributed by atoms with E-state index in [9.17, 15) is 4.79 Å². The summed E-state index contributed by atoms with van der Waals surface area (Å²) in [7, 11) is 1.61. The van der Waals surface area contributed by atoms with Crippen LogP contribution in [0.1, 0.15) is 18.4 Å². The first-order valence-electron chi connectivity index (χ1n) is 7.29. The molecule has 0 aliphatic heterocycles. The SMILES string of the molecule is COc1ccc(OCCCC(=O)Nc2ccccc2C#N)cc1. The van der Waals surface area contributed by atoms with E-state index in [0.29, 0.717) is 30.7 Å². The standard InChI is InChI=1S/C18H18N2O3/c1-22-15-8-10-16(11-9-15)23-12-4-7-18(21)20-17-6-3-2-5-14(17)13-19/h2-3,5-6,8-11H,4,7,12H2,1H3,(H,20,21). The number of para-hydroxylation sites is 1. The number of carbonyl (C=O) groups is 1. The minimum atomic E-state index is -0.133. The van der Waals surface area contributed by atoms with Crippen molar-refractivity contribution in [2.24, 2.45) is 0 Å². The molecule has 0 spiro atoms. The van der Waals surface area contributed by atoms with Gasteiger partial charge in [0.25, 0.3) is 0 Å². The first-order chi connectivity index (χ1) is 11.2. The Balaban J connectivity index is 1.73. The summed E-state index contributed by atoms with van der Waals surface area (Å²) in [5.41, 5.74) is 0.992. The Morgan fingerprint density at radius 3 is 2.52 bits per heavy atom. The number of nitrogens with one attached hydrogen (secondary N) is 1. The Morgan fingerprint density at radius 2 is 1.83 bits per heavy atom. The number of benzene rings is 2. The zero-order chi connectivity index (χ0) is 16.5. The maximum atomic E-state index is 11.9. The van der Waals surface area contributed by atoms with Crippen LogP contribution in [0.15, 0.2) is 48.5 Å². The molecule has 23 heavy (non-hydrogen) atoms. The van der Waals surface area contributed by atoms with Gasteiger partial charge in [-0.15, -0.1) is 0 Å². The molecule has 1 amide bonds. The molecule has 0 unspecified atom stereocenters. The molecule has 118 valence electrons. The van der Waals surface area contributed by atoms with Crippen LogP contribution in [0.2, 0.25) is 0 Å². The van der Waals surface area contributed by atoms with Crippen molar-refractivity contribution in [2.45, 2.75) is 12.8 Å². The Bertz CT molecular complexity index is 690. The van der Waals surface area contributed by atoms with Gasteiger partial charge in [-0.2, -0.15) is 5.26 Å². The molecule has 0 radical (unpaired) electrons. The smallest absolute Gasteiger partial charge is 0.224 e. The van der Waals surface area contributed by atoms with Gasteiger partial charge in [-0.25, -0.2) is 0 Å². The molecule has 0 fully saturated rings. The van der Waals surface area contributed by atoms with Crippen molar-refractivity contribution in [2.75, 3.05) is 19.0 Å². The second-order valence-electron chi connectivity index (χ2n) is 4.83. The van der Waals surface area contributed by atoms with Crippen molar-refractivity contribution in [3.63, 3.8) is 0 Å². The predicted molar refractivity (Wildman–Crippen MR) is 87.5 cm³/mol. The summed E-state index contributed by atoms with van der Waals surface area (Å²) < 4.78 is 10.6. The van der Waals surface area contributed by atoms with Crippen molar-refractivity contribution in [1.29, 1.82) is 5.26 Å². The normalized spacial score (nSPS) is 9.74. The number of carbonyl (C=O) groups excluding carboxylic acids is 1. The minimum absolute atomic E-state index is 0.133. The minimum Gasteiger partial charge on any atom is -0.497 e. The van der Waals surface area contributed by atoms with Crippen LogP contribution in [0.25, 0.3) is 0 Å². The Hall–Kier alpha value is -3.00. The van der Waals surface area contributed by atoms with Gasteiger partial charge in [-0.3, -0.25) is 4.79 Å². The lowest BCUT2D eigenvalue weighted by Gasteiger charge is -2.08. The van der Waals surface area contributed by atoms with Gasteiger partial charge >= 0.3 is 0 Å². The Kier molecular flexibility index (Phi) is 6.01. The number of nitriles is 1. The summed E-state index contributed by atoms with van der Waals surface area (Å²) in [6.45, 7) is 0.444. The van der Waals surface area contributed by atoms with E-state index >= 15 is 0 Å². The first-order valence-corrected chi connectivity index (χ1v) is 7.29. The largest absolute Gasteiger partial charge is 0.497 e. The first kappa shape index (κ1) is 16.4. The number of hydrogen-bond donors (Lipinski definition) is 1. The van der Waals surface area contributed by atoms with Crippen LogP contribution in [-0.2, 0) is 4.79 Å². The van der Waals surface area contributed by atoms with Gasteiger partial charge < -0.3 is 14.8 Å². The van der Waals surface area contributed by atoms with E-state index in [1.807, 2.05) is 30.3 Å². The number of methoxy groups -OCH3 is 1. The molecule has 2 rings (SSSR count). The molecule has 5 heteroatoms. The van der Waals surface area contributed by atoms with Gasteiger partial charge in [-0.1, -0.05) is 12.1 Å². The lowest BCUT2D eigenvalue weighted by molar-refractivity contribution is -0.116. The fourth-order valence-electron chi connectivity index (χ4n) is 2.00. The second kappa shape index (κ2) is 8.44. The van der Waals surface area contributed by atoms with E-state index in [1.165, 1.54) is 0 Å². The van der Waals surface area contributed by atoms with Crippen LogP contribution in [0.5, 0.6) is 11.5 Å². The van der Waals surface area contributed by atoms with Gasteiger partial charge in [0.1, 0.15) is 17.6 Å². The molecule has 0 aliphatic carbocycles. The number of nitrogens with zero attached hydrogens (tertiary/aromatic N) is 1. The molecule has 2 aromatic rings. The highest BCUT2D eigenvalue weighted by molar-refractivity contribution is 5.92. The van der Waals surface area contributed by atoms with Gasteiger partial charge in [0.15, 0.2) is 0 Å². The average molecular weight is 310 g/mol. The molecular formula is C18H18N2O3. The van der Waals surface area contributed by atoms with Gasteiger partial charge in [0.05, 0.1) is 25.0 Å². The lowest BCUT2D eigenvalue weighted by Crippen LogP contribution is -2.13. The summed E-state index contributed by atoms with van der Waals surface area (Å²) in [6.07, 6.45) is 0.919. The number of ether oxygens (including phenoxy) is 2. The zero-order valence-corrected chi connectivity index (χ0v) is 12.9. The monoisotopic (exact) mass is 310 g/mol. The predicted octanol–water partition coefficient (Wildman–Crippen LogP) is 3.36. The van der Waals surface area contributed by atoms with E-state index in [0.717, 1.165) is 11.5 Å². The highest BCUT2D eigenvalue weighted by Crippen LogP contribution is 2.17. The summed E-state index contributed by atoms with van der Waals surface area (Å²) in [6, 6.07) is 16.3. The molecular weight excluding hydrogens is 292 g/mol. The van der Waals surface area contributed by atoms with E-state index in [2.05, 4.69) is 5.32 Å². The third-order valence-electron chi connectivity index (χ3n) is 3.20. The maximum absolute atomic E-state index is 11.9. The summed E-state index contributed by atoms with van der Waals surface area (Å²) >= 11 is 0. The molecule has 0 bridgehead atoms. The molecule has 0 saturated heterocycles. The molecule has 5 nitrogen and oxygen atoms in total. The molecule has 1 N–H and O–H groups in total. The lowest BCUT2D eigenvalue weighted by atomic mass is 10.2. The van der Waals surface area contributed by atoms with Gasteiger partial charge in [0, 0.05) is 6.42 Å². The van der Waals surface area contributed by atoms with E-state index in [1.54, 1.807) is 31.4 Å². The zero-order valence-electron chi connectivity index (χ0n) is 12.9. The van der Waals surface area contributed by atoms with Crippen molar-refractivity contribution >= 4 is 11.6 Å². The molecule has 0 aliphatic rings. The fraction of sp³-hybridized carbons (Fsp3) is 0.222. The third-order valence-corrected chi connectivity index (χ3v) is 3.20. The number of rotatable bonds is 7. The molecule has 0 aromatic heterocycles. The summed E-state index contributed by atoms with van der Waals surface area (Å²) in [5.74, 6) is 1.37. The fourth-order valence-corrected chi connectivity index (χ4v) is 2.00. The van der Waals surface area contributed by atoms with Crippen LogP contribution in [0.4, 0.5) is 5.69 Å². The number of anilines is 1. The Morgan fingerprint density at radius 1 is 1.13 bits per heavy atom. The van der Waals surface area contributed by atoms with Crippen molar-refractivity contribution in [3.8, 4) is 17.6 Å². The average Bonchev–Trinajstić information content (AvgIpc) is 2.59. The van der Waals surface area contributed by atoms with E-state index in [4.69, 9.17) is 14.7 Å². The highest BCUT2D eigenvalue weighted by atomic mass is 16.5. The van der Waals surface area contributed by atoms with Crippen LogP contribution in [-0.4, -0.2) is 19.6 Å². The van der Waals surface area contributed by atoms with E-state index < -0.39 is 0 Å². The van der Waals surface area contributed by atoms with Crippen LogP contribution < -0.4 is 14.8 Å². The highest BCUT2D eigenvalue weighted by Gasteiger charge is 2.06.